The van der Waals surface area contributed by atoms with Crippen molar-refractivity contribution in [2.24, 2.45) is 0 Å². The van der Waals surface area contributed by atoms with Gasteiger partial charge < -0.3 is 24.1 Å². The van der Waals surface area contributed by atoms with Gasteiger partial charge >= 0.3 is 5.97 Å². The number of rotatable bonds is 8. The second-order valence-corrected chi connectivity index (χ2v) is 4.86. The molecule has 23 heavy (non-hydrogen) atoms. The highest BCUT2D eigenvalue weighted by molar-refractivity contribution is 5.75. The van der Waals surface area contributed by atoms with Crippen LogP contribution in [0.3, 0.4) is 0 Å². The molecule has 1 heterocycles. The molecule has 124 valence electrons. The van der Waals surface area contributed by atoms with Crippen LogP contribution in [0.4, 0.5) is 0 Å². The summed E-state index contributed by atoms with van der Waals surface area (Å²) in [6, 6.07) is 7.16. The summed E-state index contributed by atoms with van der Waals surface area (Å²) < 4.78 is 17.1. The molecule has 0 radical (unpaired) electrons. The van der Waals surface area contributed by atoms with Crippen molar-refractivity contribution in [2.45, 2.75) is 12.5 Å². The molecule has 0 fully saturated rings. The van der Waals surface area contributed by atoms with E-state index in [2.05, 4.69) is 10.3 Å². The number of hydrogen-bond donors (Lipinski definition) is 1. The Morgan fingerprint density at radius 2 is 2.13 bits per heavy atom. The Balaban J connectivity index is 2.17. The number of carbonyl (C=O) groups excluding carboxylic acids is 1. The van der Waals surface area contributed by atoms with Crippen LogP contribution in [-0.2, 0) is 20.7 Å². The molecule has 0 saturated heterocycles. The van der Waals surface area contributed by atoms with Crippen molar-refractivity contribution in [3.05, 3.63) is 42.5 Å². The standard InChI is InChI=1S/C16H21N3O4/c1-17-13(16(20)22-3)8-12-9-19(10-18-12)14-6-4-5-7-15(14)23-11-21-2/h4-7,9-10,13,17H,8,11H2,1-3H3. The molecule has 0 bridgehead atoms. The number of benzene rings is 1. The van der Waals surface area contributed by atoms with E-state index in [0.717, 1.165) is 11.4 Å². The van der Waals surface area contributed by atoms with Crippen LogP contribution < -0.4 is 10.1 Å². The Hall–Kier alpha value is -2.38. The summed E-state index contributed by atoms with van der Waals surface area (Å²) in [6.07, 6.45) is 3.99. The first-order valence-corrected chi connectivity index (χ1v) is 7.18. The van der Waals surface area contributed by atoms with E-state index in [1.54, 1.807) is 20.5 Å². The Bertz CT molecular complexity index is 642. The van der Waals surface area contributed by atoms with E-state index in [1.807, 2.05) is 35.0 Å². The summed E-state index contributed by atoms with van der Waals surface area (Å²) in [4.78, 5) is 16.0. The topological polar surface area (TPSA) is 74.6 Å². The number of esters is 1. The summed E-state index contributed by atoms with van der Waals surface area (Å²) in [5.41, 5.74) is 1.62. The third-order valence-electron chi connectivity index (χ3n) is 3.36. The largest absolute Gasteiger partial charge is 0.468 e. The SMILES string of the molecule is CNC(Cc1cn(-c2ccccc2OCOC)cn1)C(=O)OC. The lowest BCUT2D eigenvalue weighted by atomic mass is 10.2. The quantitative estimate of drug-likeness (QED) is 0.581. The van der Waals surface area contributed by atoms with E-state index in [-0.39, 0.29) is 12.8 Å². The van der Waals surface area contributed by atoms with Gasteiger partial charge in [-0.15, -0.1) is 0 Å². The van der Waals surface area contributed by atoms with Gasteiger partial charge in [-0.1, -0.05) is 12.1 Å². The van der Waals surface area contributed by atoms with Crippen molar-refractivity contribution in [1.82, 2.24) is 14.9 Å². The molecule has 2 rings (SSSR count). The Labute approximate surface area is 135 Å². The molecule has 1 atom stereocenters. The second kappa shape index (κ2) is 8.30. The number of carbonyl (C=O) groups is 1. The lowest BCUT2D eigenvalue weighted by molar-refractivity contribution is -0.142. The van der Waals surface area contributed by atoms with Crippen molar-refractivity contribution in [2.75, 3.05) is 28.1 Å². The number of ether oxygens (including phenoxy) is 3. The maximum atomic E-state index is 11.6. The van der Waals surface area contributed by atoms with Crippen LogP contribution >= 0.6 is 0 Å². The van der Waals surface area contributed by atoms with Crippen molar-refractivity contribution in [3.63, 3.8) is 0 Å². The highest BCUT2D eigenvalue weighted by atomic mass is 16.7. The molecule has 7 heteroatoms. The van der Waals surface area contributed by atoms with Gasteiger partial charge in [0.05, 0.1) is 24.8 Å². The molecule has 1 N–H and O–H groups in total. The van der Waals surface area contributed by atoms with Gasteiger partial charge in [-0.25, -0.2) is 4.98 Å². The second-order valence-electron chi connectivity index (χ2n) is 4.86. The molecule has 0 aliphatic carbocycles. The fourth-order valence-corrected chi connectivity index (χ4v) is 2.17. The highest BCUT2D eigenvalue weighted by Crippen LogP contribution is 2.22. The average Bonchev–Trinajstić information content (AvgIpc) is 3.05. The molecular formula is C16H21N3O4. The predicted octanol–water partition coefficient (Wildman–Crippen LogP) is 1.16. The molecule has 0 saturated carbocycles. The number of nitrogens with zero attached hydrogens (tertiary/aromatic N) is 2. The number of hydrogen-bond acceptors (Lipinski definition) is 6. The molecule has 0 spiro atoms. The number of imidazole rings is 1. The van der Waals surface area contributed by atoms with Gasteiger partial charge in [0.1, 0.15) is 11.8 Å². The molecular weight excluding hydrogens is 298 g/mol. The summed E-state index contributed by atoms with van der Waals surface area (Å²) in [5, 5.41) is 2.92. The number of likely N-dealkylation sites (N-methyl/N-ethyl adjacent to an activating group) is 1. The minimum absolute atomic E-state index is 0.169. The van der Waals surface area contributed by atoms with Crippen molar-refractivity contribution < 1.29 is 19.0 Å². The van der Waals surface area contributed by atoms with Crippen LogP contribution in [0.1, 0.15) is 5.69 Å². The molecule has 0 aliphatic rings. The summed E-state index contributed by atoms with van der Waals surface area (Å²) in [7, 11) is 4.66. The normalized spacial score (nSPS) is 12.0. The monoisotopic (exact) mass is 319 g/mol. The van der Waals surface area contributed by atoms with Crippen molar-refractivity contribution in [3.8, 4) is 11.4 Å². The molecule has 1 unspecified atom stereocenters. The fraction of sp³-hybridized carbons (Fsp3) is 0.375. The number of aromatic nitrogens is 2. The van der Waals surface area contributed by atoms with Gasteiger partial charge in [-0.3, -0.25) is 4.79 Å². The van der Waals surface area contributed by atoms with Gasteiger partial charge in [0.25, 0.3) is 0 Å². The Kier molecular flexibility index (Phi) is 6.13. The molecule has 0 amide bonds. The summed E-state index contributed by atoms with van der Waals surface area (Å²) in [5.74, 6) is 0.377. The van der Waals surface area contributed by atoms with Crippen LogP contribution in [0.25, 0.3) is 5.69 Å². The maximum absolute atomic E-state index is 11.6. The first-order chi connectivity index (χ1) is 11.2. The fourth-order valence-electron chi connectivity index (χ4n) is 2.17. The van der Waals surface area contributed by atoms with E-state index in [4.69, 9.17) is 14.2 Å². The van der Waals surface area contributed by atoms with Crippen LogP contribution in [0, 0.1) is 0 Å². The van der Waals surface area contributed by atoms with E-state index >= 15 is 0 Å². The molecule has 2 aromatic rings. The van der Waals surface area contributed by atoms with Gasteiger partial charge in [0.15, 0.2) is 6.79 Å². The number of para-hydroxylation sites is 2. The lowest BCUT2D eigenvalue weighted by Crippen LogP contribution is -2.37. The van der Waals surface area contributed by atoms with Crippen molar-refractivity contribution >= 4 is 5.97 Å². The van der Waals surface area contributed by atoms with Gasteiger partial charge in [-0.2, -0.15) is 0 Å². The zero-order valence-electron chi connectivity index (χ0n) is 13.5. The highest BCUT2D eigenvalue weighted by Gasteiger charge is 2.19. The molecule has 1 aromatic heterocycles. The minimum atomic E-state index is -0.427. The van der Waals surface area contributed by atoms with Gasteiger partial charge in [0.2, 0.25) is 0 Å². The van der Waals surface area contributed by atoms with Gasteiger partial charge in [0, 0.05) is 19.7 Å². The summed E-state index contributed by atoms with van der Waals surface area (Å²) >= 11 is 0. The maximum Gasteiger partial charge on any atom is 0.323 e. The van der Waals surface area contributed by atoms with Gasteiger partial charge in [-0.05, 0) is 19.2 Å². The third-order valence-corrected chi connectivity index (χ3v) is 3.36. The van der Waals surface area contributed by atoms with Crippen LogP contribution in [0.5, 0.6) is 5.75 Å². The van der Waals surface area contributed by atoms with Crippen LogP contribution in [0.2, 0.25) is 0 Å². The molecule has 7 nitrogen and oxygen atoms in total. The van der Waals surface area contributed by atoms with Crippen LogP contribution in [-0.4, -0.2) is 49.6 Å². The predicted molar refractivity (Wildman–Crippen MR) is 84.6 cm³/mol. The number of methoxy groups -OCH3 is 2. The molecule has 1 aromatic carbocycles. The summed E-state index contributed by atoms with van der Waals surface area (Å²) in [6.45, 7) is 0.169. The smallest absolute Gasteiger partial charge is 0.323 e. The van der Waals surface area contributed by atoms with E-state index in [1.165, 1.54) is 7.11 Å². The van der Waals surface area contributed by atoms with E-state index < -0.39 is 6.04 Å². The number of nitrogens with one attached hydrogen (secondary N) is 1. The zero-order valence-corrected chi connectivity index (χ0v) is 13.5. The first kappa shape index (κ1) is 17.0. The van der Waals surface area contributed by atoms with E-state index in [0.29, 0.717) is 12.2 Å². The molecule has 0 aliphatic heterocycles. The first-order valence-electron chi connectivity index (χ1n) is 7.18. The Morgan fingerprint density at radius 1 is 1.35 bits per heavy atom. The Morgan fingerprint density at radius 3 is 2.83 bits per heavy atom. The van der Waals surface area contributed by atoms with Crippen LogP contribution in [0.15, 0.2) is 36.8 Å². The zero-order chi connectivity index (χ0) is 16.7. The van der Waals surface area contributed by atoms with E-state index in [9.17, 15) is 4.79 Å². The minimum Gasteiger partial charge on any atom is -0.468 e. The third kappa shape index (κ3) is 4.30. The van der Waals surface area contributed by atoms with Crippen molar-refractivity contribution in [1.29, 1.82) is 0 Å². The lowest BCUT2D eigenvalue weighted by Gasteiger charge is -2.12. The average molecular weight is 319 g/mol.